The number of hydrogen-bond acceptors (Lipinski definition) is 3. The highest BCUT2D eigenvalue weighted by Crippen LogP contribution is 2.26. The van der Waals surface area contributed by atoms with Crippen molar-refractivity contribution >= 4 is 21.6 Å². The van der Waals surface area contributed by atoms with Crippen LogP contribution in [0.2, 0.25) is 0 Å². The standard InChI is InChI=1S/C17H18BrNO2/c1-11-4-6-14(7-5-11)10-21-19-13(3)15-9-17(20)12(2)8-16(15)18/h4-9,20H,10H2,1-3H3/b19-13+. The second-order valence-corrected chi connectivity index (χ2v) is 5.91. The van der Waals surface area contributed by atoms with E-state index in [0.717, 1.165) is 21.2 Å². The maximum Gasteiger partial charge on any atom is 0.142 e. The van der Waals surface area contributed by atoms with Crippen molar-refractivity contribution in [3.63, 3.8) is 0 Å². The van der Waals surface area contributed by atoms with Crippen LogP contribution in [0.3, 0.4) is 0 Å². The van der Waals surface area contributed by atoms with Gasteiger partial charge in [-0.2, -0.15) is 0 Å². The van der Waals surface area contributed by atoms with Crippen molar-refractivity contribution in [1.29, 1.82) is 0 Å². The van der Waals surface area contributed by atoms with Crippen molar-refractivity contribution in [3.8, 4) is 5.75 Å². The predicted molar refractivity (Wildman–Crippen MR) is 88.7 cm³/mol. The molecule has 0 heterocycles. The fourth-order valence-electron chi connectivity index (χ4n) is 1.88. The van der Waals surface area contributed by atoms with E-state index in [2.05, 4.69) is 21.1 Å². The summed E-state index contributed by atoms with van der Waals surface area (Å²) >= 11 is 3.48. The topological polar surface area (TPSA) is 41.8 Å². The molecule has 0 bridgehead atoms. The van der Waals surface area contributed by atoms with Gasteiger partial charge in [-0.15, -0.1) is 0 Å². The molecule has 2 aromatic rings. The molecule has 2 rings (SSSR count). The fraction of sp³-hybridized carbons (Fsp3) is 0.235. The second-order valence-electron chi connectivity index (χ2n) is 5.05. The number of aryl methyl sites for hydroxylation is 2. The monoisotopic (exact) mass is 347 g/mol. The molecule has 2 aromatic carbocycles. The van der Waals surface area contributed by atoms with Gasteiger partial charge in [0.15, 0.2) is 0 Å². The molecule has 21 heavy (non-hydrogen) atoms. The number of halogens is 1. The van der Waals surface area contributed by atoms with Gasteiger partial charge in [-0.3, -0.25) is 0 Å². The zero-order valence-electron chi connectivity index (χ0n) is 12.4. The quantitative estimate of drug-likeness (QED) is 0.642. The lowest BCUT2D eigenvalue weighted by Crippen LogP contribution is -1.99. The predicted octanol–water partition coefficient (Wildman–Crippen LogP) is 4.71. The highest BCUT2D eigenvalue weighted by atomic mass is 79.9. The third-order valence-corrected chi connectivity index (χ3v) is 3.88. The molecule has 110 valence electrons. The highest BCUT2D eigenvalue weighted by molar-refractivity contribution is 9.10. The Morgan fingerprint density at radius 2 is 1.86 bits per heavy atom. The summed E-state index contributed by atoms with van der Waals surface area (Å²) in [6.45, 7) is 6.18. The van der Waals surface area contributed by atoms with Gasteiger partial charge in [0.05, 0.1) is 5.71 Å². The number of hydrogen-bond donors (Lipinski definition) is 1. The van der Waals surface area contributed by atoms with Gasteiger partial charge in [0, 0.05) is 10.0 Å². The van der Waals surface area contributed by atoms with Crippen LogP contribution in [-0.4, -0.2) is 10.8 Å². The van der Waals surface area contributed by atoms with Crippen molar-refractivity contribution in [1.82, 2.24) is 0 Å². The molecule has 0 aliphatic carbocycles. The summed E-state index contributed by atoms with van der Waals surface area (Å²) < 4.78 is 0.887. The van der Waals surface area contributed by atoms with E-state index < -0.39 is 0 Å². The van der Waals surface area contributed by atoms with Gasteiger partial charge in [0.2, 0.25) is 0 Å². The molecule has 0 saturated carbocycles. The number of phenolic OH excluding ortho intramolecular Hbond substituents is 1. The number of nitrogens with zero attached hydrogens (tertiary/aromatic N) is 1. The lowest BCUT2D eigenvalue weighted by molar-refractivity contribution is 0.130. The third kappa shape index (κ3) is 4.08. The molecule has 0 atom stereocenters. The number of rotatable bonds is 4. The van der Waals surface area contributed by atoms with Crippen molar-refractivity contribution in [3.05, 3.63) is 63.1 Å². The average molecular weight is 348 g/mol. The summed E-state index contributed by atoms with van der Waals surface area (Å²) in [6, 6.07) is 11.7. The van der Waals surface area contributed by atoms with Crippen molar-refractivity contribution in [2.24, 2.45) is 5.16 Å². The molecule has 0 fully saturated rings. The van der Waals surface area contributed by atoms with Gasteiger partial charge in [0.25, 0.3) is 0 Å². The SMILES string of the molecule is C/C(=N\OCc1ccc(C)cc1)c1cc(O)c(C)cc1Br. The molecule has 4 heteroatoms. The Balaban J connectivity index is 2.07. The largest absolute Gasteiger partial charge is 0.508 e. The van der Waals surface area contributed by atoms with Gasteiger partial charge >= 0.3 is 0 Å². The second kappa shape index (κ2) is 6.76. The summed E-state index contributed by atoms with van der Waals surface area (Å²) in [5.41, 5.74) is 4.64. The molecule has 3 nitrogen and oxygen atoms in total. The molecule has 0 radical (unpaired) electrons. The van der Waals surface area contributed by atoms with Crippen LogP contribution in [0, 0.1) is 13.8 Å². The Labute approximate surface area is 133 Å². The van der Waals surface area contributed by atoms with E-state index in [-0.39, 0.29) is 5.75 Å². The number of oxime groups is 1. The Kier molecular flexibility index (Phi) is 5.02. The van der Waals surface area contributed by atoms with E-state index in [4.69, 9.17) is 4.84 Å². The molecular formula is C17H18BrNO2. The fourth-order valence-corrected chi connectivity index (χ4v) is 2.62. The first-order valence-electron chi connectivity index (χ1n) is 6.69. The van der Waals surface area contributed by atoms with E-state index in [1.807, 2.05) is 51.1 Å². The van der Waals surface area contributed by atoms with Gasteiger partial charge in [0.1, 0.15) is 12.4 Å². The van der Waals surface area contributed by atoms with E-state index in [1.54, 1.807) is 6.07 Å². The van der Waals surface area contributed by atoms with Crippen LogP contribution < -0.4 is 0 Å². The van der Waals surface area contributed by atoms with E-state index in [0.29, 0.717) is 12.3 Å². The molecule has 0 aliphatic rings. The number of phenols is 1. The van der Waals surface area contributed by atoms with Crippen molar-refractivity contribution in [2.75, 3.05) is 0 Å². The maximum atomic E-state index is 9.79. The molecule has 0 amide bonds. The normalized spacial score (nSPS) is 11.5. The summed E-state index contributed by atoms with van der Waals surface area (Å²) in [4.78, 5) is 5.39. The van der Waals surface area contributed by atoms with Crippen molar-refractivity contribution < 1.29 is 9.94 Å². The summed E-state index contributed by atoms with van der Waals surface area (Å²) in [7, 11) is 0. The number of aromatic hydroxyl groups is 1. The van der Waals surface area contributed by atoms with Crippen LogP contribution in [0.25, 0.3) is 0 Å². The first kappa shape index (κ1) is 15.6. The van der Waals surface area contributed by atoms with Crippen LogP contribution in [0.4, 0.5) is 0 Å². The average Bonchev–Trinajstić information content (AvgIpc) is 2.45. The van der Waals surface area contributed by atoms with Gasteiger partial charge in [-0.25, -0.2) is 0 Å². The Morgan fingerprint density at radius 3 is 2.52 bits per heavy atom. The Bertz CT molecular complexity index is 663. The highest BCUT2D eigenvalue weighted by Gasteiger charge is 2.08. The Hall–Kier alpha value is -1.81. The van der Waals surface area contributed by atoms with Crippen LogP contribution >= 0.6 is 15.9 Å². The first-order valence-corrected chi connectivity index (χ1v) is 7.48. The zero-order valence-corrected chi connectivity index (χ0v) is 13.9. The number of benzene rings is 2. The van der Waals surface area contributed by atoms with Crippen LogP contribution in [0.15, 0.2) is 46.0 Å². The first-order chi connectivity index (χ1) is 9.97. The molecule has 0 spiro atoms. The van der Waals surface area contributed by atoms with Gasteiger partial charge in [-0.1, -0.05) is 50.9 Å². The molecule has 0 saturated heterocycles. The minimum Gasteiger partial charge on any atom is -0.508 e. The van der Waals surface area contributed by atoms with E-state index in [9.17, 15) is 5.11 Å². The smallest absolute Gasteiger partial charge is 0.142 e. The summed E-state index contributed by atoms with van der Waals surface area (Å²) in [5, 5.41) is 13.9. The van der Waals surface area contributed by atoms with E-state index in [1.165, 1.54) is 5.56 Å². The molecule has 1 N–H and O–H groups in total. The lowest BCUT2D eigenvalue weighted by atomic mass is 10.1. The van der Waals surface area contributed by atoms with Gasteiger partial charge < -0.3 is 9.94 Å². The van der Waals surface area contributed by atoms with Crippen LogP contribution in [-0.2, 0) is 11.4 Å². The van der Waals surface area contributed by atoms with Crippen LogP contribution in [0.5, 0.6) is 5.75 Å². The maximum absolute atomic E-state index is 9.79. The molecular weight excluding hydrogens is 330 g/mol. The minimum atomic E-state index is 0.251. The van der Waals surface area contributed by atoms with Crippen molar-refractivity contribution in [2.45, 2.75) is 27.4 Å². The Morgan fingerprint density at radius 1 is 1.19 bits per heavy atom. The minimum absolute atomic E-state index is 0.251. The zero-order chi connectivity index (χ0) is 15.4. The molecule has 0 aromatic heterocycles. The summed E-state index contributed by atoms with van der Waals surface area (Å²) in [6.07, 6.45) is 0. The molecule has 0 unspecified atom stereocenters. The van der Waals surface area contributed by atoms with E-state index >= 15 is 0 Å². The summed E-state index contributed by atoms with van der Waals surface area (Å²) in [5.74, 6) is 0.251. The lowest BCUT2D eigenvalue weighted by Gasteiger charge is -2.07. The van der Waals surface area contributed by atoms with Gasteiger partial charge in [-0.05, 0) is 44.0 Å². The third-order valence-electron chi connectivity index (χ3n) is 3.23. The van der Waals surface area contributed by atoms with Crippen LogP contribution in [0.1, 0.15) is 29.2 Å². The molecule has 0 aliphatic heterocycles.